The van der Waals surface area contributed by atoms with Crippen molar-refractivity contribution in [2.45, 2.75) is 13.0 Å². The summed E-state index contributed by atoms with van der Waals surface area (Å²) in [6.45, 7) is 0.227. The fraction of sp³-hybridized carbons (Fsp3) is 0.467. The molecule has 120 valence electrons. The van der Waals surface area contributed by atoms with E-state index in [0.717, 1.165) is 5.56 Å². The molecule has 0 bridgehead atoms. The van der Waals surface area contributed by atoms with Gasteiger partial charge in [0.1, 0.15) is 0 Å². The average Bonchev–Trinajstić information content (AvgIpc) is 3.32. The molecule has 0 spiro atoms. The Labute approximate surface area is 128 Å². The Morgan fingerprint density at radius 3 is 2.32 bits per heavy atom. The van der Waals surface area contributed by atoms with Gasteiger partial charge in [-0.1, -0.05) is 0 Å². The third-order valence-electron chi connectivity index (χ3n) is 3.68. The number of methoxy groups -OCH3 is 3. The van der Waals surface area contributed by atoms with Crippen molar-refractivity contribution in [1.29, 1.82) is 0 Å². The van der Waals surface area contributed by atoms with Crippen LogP contribution in [0.5, 0.6) is 17.2 Å². The van der Waals surface area contributed by atoms with E-state index in [9.17, 15) is 9.59 Å². The van der Waals surface area contributed by atoms with Crippen LogP contribution in [0, 0.1) is 11.8 Å². The van der Waals surface area contributed by atoms with Crippen LogP contribution in [0.1, 0.15) is 12.0 Å². The van der Waals surface area contributed by atoms with Gasteiger partial charge >= 0.3 is 5.97 Å². The number of amides is 1. The van der Waals surface area contributed by atoms with Crippen molar-refractivity contribution in [3.63, 3.8) is 0 Å². The molecule has 1 amide bonds. The van der Waals surface area contributed by atoms with Crippen LogP contribution < -0.4 is 19.5 Å². The summed E-state index contributed by atoms with van der Waals surface area (Å²) in [6, 6.07) is 3.49. The minimum absolute atomic E-state index is 0.227. The summed E-state index contributed by atoms with van der Waals surface area (Å²) in [5.74, 6) is -0.731. The van der Waals surface area contributed by atoms with E-state index in [4.69, 9.17) is 19.3 Å². The lowest BCUT2D eigenvalue weighted by Gasteiger charge is -2.16. The zero-order valence-corrected chi connectivity index (χ0v) is 12.7. The van der Waals surface area contributed by atoms with Gasteiger partial charge in [0.25, 0.3) is 0 Å². The third-order valence-corrected chi connectivity index (χ3v) is 3.68. The lowest BCUT2D eigenvalue weighted by Crippen LogP contribution is -2.26. The molecule has 1 aliphatic rings. The van der Waals surface area contributed by atoms with Gasteiger partial charge in [-0.05, 0) is 18.6 Å². The Morgan fingerprint density at radius 1 is 1.14 bits per heavy atom. The maximum Gasteiger partial charge on any atom is 0.307 e. The summed E-state index contributed by atoms with van der Waals surface area (Å²) in [5.41, 5.74) is 0.723. The number of ether oxygens (including phenoxy) is 3. The molecular weight excluding hydrogens is 290 g/mol. The van der Waals surface area contributed by atoms with E-state index in [1.54, 1.807) is 12.1 Å². The number of aliphatic carboxylic acids is 1. The minimum atomic E-state index is -0.927. The molecule has 0 saturated heterocycles. The predicted octanol–water partition coefficient (Wildman–Crippen LogP) is 1.05. The number of hydrogen-bond acceptors (Lipinski definition) is 5. The van der Waals surface area contributed by atoms with Crippen LogP contribution in [0.3, 0.4) is 0 Å². The minimum Gasteiger partial charge on any atom is -0.493 e. The fourth-order valence-electron chi connectivity index (χ4n) is 2.37. The first-order valence-electron chi connectivity index (χ1n) is 6.81. The summed E-state index contributed by atoms with van der Waals surface area (Å²) in [7, 11) is 4.53. The van der Waals surface area contributed by atoms with Crippen molar-refractivity contribution in [2.75, 3.05) is 21.3 Å². The topological polar surface area (TPSA) is 94.1 Å². The number of carbonyl (C=O) groups excluding carboxylic acids is 1. The zero-order chi connectivity index (χ0) is 16.3. The summed E-state index contributed by atoms with van der Waals surface area (Å²) >= 11 is 0. The highest BCUT2D eigenvalue weighted by molar-refractivity contribution is 5.89. The molecule has 2 atom stereocenters. The van der Waals surface area contributed by atoms with Crippen molar-refractivity contribution in [3.05, 3.63) is 17.7 Å². The number of nitrogens with one attached hydrogen (secondary N) is 1. The molecule has 2 unspecified atom stereocenters. The third kappa shape index (κ3) is 3.08. The second-order valence-electron chi connectivity index (χ2n) is 5.00. The van der Waals surface area contributed by atoms with Gasteiger partial charge in [0.15, 0.2) is 11.5 Å². The maximum atomic E-state index is 11.9. The lowest BCUT2D eigenvalue weighted by molar-refractivity contribution is -0.140. The normalized spacial score (nSPS) is 19.2. The van der Waals surface area contributed by atoms with Crippen molar-refractivity contribution >= 4 is 11.9 Å². The van der Waals surface area contributed by atoms with Crippen LogP contribution in [0.2, 0.25) is 0 Å². The Bertz CT molecular complexity index is 586. The summed E-state index contributed by atoms with van der Waals surface area (Å²) in [5, 5.41) is 11.6. The van der Waals surface area contributed by atoms with E-state index in [1.807, 2.05) is 0 Å². The fourth-order valence-corrected chi connectivity index (χ4v) is 2.37. The summed E-state index contributed by atoms with van der Waals surface area (Å²) < 4.78 is 15.8. The molecule has 0 heterocycles. The van der Waals surface area contributed by atoms with Crippen LogP contribution in [0.4, 0.5) is 0 Å². The highest BCUT2D eigenvalue weighted by Crippen LogP contribution is 2.41. The second-order valence-corrected chi connectivity index (χ2v) is 5.00. The van der Waals surface area contributed by atoms with Gasteiger partial charge in [-0.25, -0.2) is 0 Å². The summed E-state index contributed by atoms with van der Waals surface area (Å²) in [6.07, 6.45) is 0.393. The van der Waals surface area contributed by atoms with Gasteiger partial charge in [0.2, 0.25) is 11.7 Å². The molecule has 0 aliphatic heterocycles. The SMILES string of the molecule is COc1ccc(CNC(=O)C2CC2C(=O)O)c(OC)c1OC. The van der Waals surface area contributed by atoms with Gasteiger partial charge in [0, 0.05) is 12.1 Å². The van der Waals surface area contributed by atoms with Gasteiger partial charge in [-0.3, -0.25) is 9.59 Å². The van der Waals surface area contributed by atoms with Crippen molar-refractivity contribution < 1.29 is 28.9 Å². The molecule has 2 N–H and O–H groups in total. The Morgan fingerprint density at radius 2 is 1.82 bits per heavy atom. The molecule has 0 radical (unpaired) electrons. The molecule has 0 aromatic heterocycles. The highest BCUT2D eigenvalue weighted by Gasteiger charge is 2.48. The lowest BCUT2D eigenvalue weighted by atomic mass is 10.1. The Hall–Kier alpha value is -2.44. The maximum absolute atomic E-state index is 11.9. The van der Waals surface area contributed by atoms with Crippen LogP contribution in [-0.4, -0.2) is 38.3 Å². The molecule has 7 nitrogen and oxygen atoms in total. The van der Waals surface area contributed by atoms with Crippen molar-refractivity contribution in [2.24, 2.45) is 11.8 Å². The second kappa shape index (κ2) is 6.55. The smallest absolute Gasteiger partial charge is 0.307 e. The number of benzene rings is 1. The largest absolute Gasteiger partial charge is 0.493 e. The number of hydrogen-bond donors (Lipinski definition) is 2. The van der Waals surface area contributed by atoms with Crippen LogP contribution in [0.25, 0.3) is 0 Å². The molecule has 1 saturated carbocycles. The molecular formula is C15H19NO6. The predicted molar refractivity (Wildman–Crippen MR) is 77.2 cm³/mol. The van der Waals surface area contributed by atoms with Crippen LogP contribution >= 0.6 is 0 Å². The molecule has 1 fully saturated rings. The van der Waals surface area contributed by atoms with Crippen molar-refractivity contribution in [3.8, 4) is 17.2 Å². The van der Waals surface area contributed by atoms with E-state index < -0.39 is 17.8 Å². The van der Waals surface area contributed by atoms with Gasteiger partial charge in [-0.2, -0.15) is 0 Å². The van der Waals surface area contributed by atoms with Crippen molar-refractivity contribution in [1.82, 2.24) is 5.32 Å². The number of carboxylic acids is 1. The standard InChI is InChI=1S/C15H19NO6/c1-20-11-5-4-8(12(21-2)13(11)22-3)7-16-14(17)9-6-10(9)15(18)19/h4-5,9-10H,6-7H2,1-3H3,(H,16,17)(H,18,19). The molecule has 1 aromatic carbocycles. The Balaban J connectivity index is 2.07. The first-order chi connectivity index (χ1) is 10.5. The van der Waals surface area contributed by atoms with Crippen LogP contribution in [0.15, 0.2) is 12.1 Å². The number of carboxylic acid groups (broad SMARTS) is 1. The van der Waals surface area contributed by atoms with E-state index >= 15 is 0 Å². The molecule has 7 heteroatoms. The zero-order valence-electron chi connectivity index (χ0n) is 12.7. The molecule has 22 heavy (non-hydrogen) atoms. The summed E-state index contributed by atoms with van der Waals surface area (Å²) in [4.78, 5) is 22.7. The number of carbonyl (C=O) groups is 2. The number of rotatable bonds is 7. The van der Waals surface area contributed by atoms with Gasteiger partial charge in [0.05, 0.1) is 33.2 Å². The van der Waals surface area contributed by atoms with Gasteiger partial charge in [-0.15, -0.1) is 0 Å². The molecule has 1 aromatic rings. The van der Waals surface area contributed by atoms with E-state index in [2.05, 4.69) is 5.32 Å². The monoisotopic (exact) mass is 309 g/mol. The quantitative estimate of drug-likeness (QED) is 0.782. The van der Waals surface area contributed by atoms with Gasteiger partial charge < -0.3 is 24.6 Å². The van der Waals surface area contributed by atoms with E-state index in [-0.39, 0.29) is 12.5 Å². The van der Waals surface area contributed by atoms with Crippen LogP contribution in [-0.2, 0) is 16.1 Å². The first-order valence-corrected chi connectivity index (χ1v) is 6.81. The first kappa shape index (κ1) is 15.9. The Kier molecular flexibility index (Phi) is 4.75. The molecule has 1 aliphatic carbocycles. The van der Waals surface area contributed by atoms with E-state index in [1.165, 1.54) is 21.3 Å². The molecule has 2 rings (SSSR count). The highest BCUT2D eigenvalue weighted by atomic mass is 16.5. The average molecular weight is 309 g/mol. The van der Waals surface area contributed by atoms with E-state index in [0.29, 0.717) is 23.7 Å².